The molecule has 23 heavy (non-hydrogen) atoms. The summed E-state index contributed by atoms with van der Waals surface area (Å²) in [7, 11) is 0. The van der Waals surface area contributed by atoms with Gasteiger partial charge in [-0.15, -0.1) is 13.2 Å². The van der Waals surface area contributed by atoms with E-state index < -0.39 is 0 Å². The Labute approximate surface area is 136 Å². The third-order valence-electron chi connectivity index (χ3n) is 3.52. The molecule has 0 radical (unpaired) electrons. The van der Waals surface area contributed by atoms with Crippen LogP contribution in [0.3, 0.4) is 0 Å². The van der Waals surface area contributed by atoms with Crippen LogP contribution in [0.1, 0.15) is 21.6 Å². The van der Waals surface area contributed by atoms with Crippen molar-refractivity contribution in [1.29, 1.82) is 0 Å². The second-order valence-electron chi connectivity index (χ2n) is 5.44. The first-order valence-electron chi connectivity index (χ1n) is 7.42. The number of nitrogens with two attached hydrogens (primary N) is 1. The van der Waals surface area contributed by atoms with E-state index in [4.69, 9.17) is 5.73 Å². The zero-order valence-corrected chi connectivity index (χ0v) is 13.6. The summed E-state index contributed by atoms with van der Waals surface area (Å²) < 4.78 is 1.60. The molecule has 0 aliphatic rings. The lowest BCUT2D eigenvalue weighted by Gasteiger charge is -2.17. The predicted molar refractivity (Wildman–Crippen MR) is 93.7 cm³/mol. The first-order chi connectivity index (χ1) is 11.0. The summed E-state index contributed by atoms with van der Waals surface area (Å²) in [4.78, 5) is 14.2. The molecule has 0 saturated carbocycles. The Kier molecular flexibility index (Phi) is 5.01. The van der Waals surface area contributed by atoms with Gasteiger partial charge in [-0.3, -0.25) is 4.79 Å². The number of hydrogen-bond donors (Lipinski definition) is 1. The summed E-state index contributed by atoms with van der Waals surface area (Å²) in [6, 6.07) is 7.60. The monoisotopic (exact) mass is 310 g/mol. The van der Waals surface area contributed by atoms with E-state index in [2.05, 4.69) is 24.3 Å². The molecule has 2 aromatic rings. The summed E-state index contributed by atoms with van der Waals surface area (Å²) in [5.41, 5.74) is 9.45. The molecule has 0 atom stereocenters. The standard InChI is InChI=1S/C18H22N4O/c1-5-9-21(10-6-2)18(23)15-12-17(19)22(20-15)16-8-7-13(3)11-14(16)4/h5-8,11-12H,1-2,9-10,19H2,3-4H3. The van der Waals surface area contributed by atoms with Gasteiger partial charge in [0.2, 0.25) is 0 Å². The quantitative estimate of drug-likeness (QED) is 0.834. The van der Waals surface area contributed by atoms with Crippen LogP contribution >= 0.6 is 0 Å². The molecule has 120 valence electrons. The van der Waals surface area contributed by atoms with Gasteiger partial charge >= 0.3 is 0 Å². The molecule has 0 saturated heterocycles. The van der Waals surface area contributed by atoms with Crippen molar-refractivity contribution in [3.8, 4) is 5.69 Å². The van der Waals surface area contributed by atoms with E-state index in [-0.39, 0.29) is 5.91 Å². The third kappa shape index (κ3) is 3.51. The highest BCUT2D eigenvalue weighted by Gasteiger charge is 2.19. The van der Waals surface area contributed by atoms with Gasteiger partial charge in [0.25, 0.3) is 5.91 Å². The molecular formula is C18H22N4O. The number of aryl methyl sites for hydroxylation is 2. The van der Waals surface area contributed by atoms with Crippen molar-refractivity contribution in [3.63, 3.8) is 0 Å². The van der Waals surface area contributed by atoms with Crippen molar-refractivity contribution in [2.45, 2.75) is 13.8 Å². The van der Waals surface area contributed by atoms with Gasteiger partial charge in [0.1, 0.15) is 5.82 Å². The summed E-state index contributed by atoms with van der Waals surface area (Å²) in [5.74, 6) is 0.234. The van der Waals surface area contributed by atoms with Crippen LogP contribution in [-0.2, 0) is 0 Å². The average Bonchev–Trinajstić information content (AvgIpc) is 2.88. The number of hydrogen-bond acceptors (Lipinski definition) is 3. The molecule has 0 aliphatic heterocycles. The van der Waals surface area contributed by atoms with Gasteiger partial charge in [0.15, 0.2) is 5.69 Å². The molecular weight excluding hydrogens is 288 g/mol. The van der Waals surface area contributed by atoms with E-state index in [1.54, 1.807) is 27.8 Å². The number of nitrogen functional groups attached to an aromatic ring is 1. The van der Waals surface area contributed by atoms with Crippen molar-refractivity contribution in [3.05, 3.63) is 66.4 Å². The topological polar surface area (TPSA) is 64.2 Å². The van der Waals surface area contributed by atoms with Crippen LogP contribution in [0.2, 0.25) is 0 Å². The first-order valence-corrected chi connectivity index (χ1v) is 7.42. The molecule has 1 heterocycles. The maximum Gasteiger partial charge on any atom is 0.275 e. The zero-order valence-electron chi connectivity index (χ0n) is 13.6. The first kappa shape index (κ1) is 16.5. The summed E-state index contributed by atoms with van der Waals surface area (Å²) in [6.07, 6.45) is 3.34. The normalized spacial score (nSPS) is 10.3. The number of carbonyl (C=O) groups excluding carboxylic acids is 1. The Morgan fingerprint density at radius 1 is 1.26 bits per heavy atom. The number of carbonyl (C=O) groups is 1. The van der Waals surface area contributed by atoms with Crippen LogP contribution in [0.25, 0.3) is 5.69 Å². The van der Waals surface area contributed by atoms with Gasteiger partial charge in [0.05, 0.1) is 5.69 Å². The predicted octanol–water partition coefficient (Wildman–Crippen LogP) is 2.89. The van der Waals surface area contributed by atoms with Crippen LogP contribution in [0.15, 0.2) is 49.6 Å². The Morgan fingerprint density at radius 3 is 2.48 bits per heavy atom. The molecule has 0 fully saturated rings. The van der Waals surface area contributed by atoms with E-state index >= 15 is 0 Å². The minimum atomic E-state index is -0.194. The van der Waals surface area contributed by atoms with E-state index in [1.165, 1.54) is 0 Å². The highest BCUT2D eigenvalue weighted by molar-refractivity contribution is 5.93. The second kappa shape index (κ2) is 6.96. The van der Waals surface area contributed by atoms with Crippen molar-refractivity contribution >= 4 is 11.7 Å². The number of aromatic nitrogens is 2. The lowest BCUT2D eigenvalue weighted by molar-refractivity contribution is 0.0784. The Hall–Kier alpha value is -2.82. The van der Waals surface area contributed by atoms with Crippen molar-refractivity contribution in [2.75, 3.05) is 18.8 Å². The zero-order chi connectivity index (χ0) is 17.0. The molecule has 0 spiro atoms. The maximum absolute atomic E-state index is 12.6. The van der Waals surface area contributed by atoms with Crippen molar-refractivity contribution < 1.29 is 4.79 Å². The summed E-state index contributed by atoms with van der Waals surface area (Å²) >= 11 is 0. The Morgan fingerprint density at radius 2 is 1.91 bits per heavy atom. The van der Waals surface area contributed by atoms with Crippen LogP contribution in [0, 0.1) is 13.8 Å². The fourth-order valence-electron chi connectivity index (χ4n) is 2.45. The minimum Gasteiger partial charge on any atom is -0.384 e. The fraction of sp³-hybridized carbons (Fsp3) is 0.222. The Bertz CT molecular complexity index is 735. The van der Waals surface area contributed by atoms with Gasteiger partial charge in [-0.2, -0.15) is 5.10 Å². The van der Waals surface area contributed by atoms with E-state index in [0.717, 1.165) is 16.8 Å². The lowest BCUT2D eigenvalue weighted by atomic mass is 10.1. The maximum atomic E-state index is 12.6. The van der Waals surface area contributed by atoms with Gasteiger partial charge in [-0.25, -0.2) is 4.68 Å². The number of amides is 1. The lowest BCUT2D eigenvalue weighted by Crippen LogP contribution is -2.31. The van der Waals surface area contributed by atoms with E-state index in [9.17, 15) is 4.79 Å². The van der Waals surface area contributed by atoms with Crippen molar-refractivity contribution in [1.82, 2.24) is 14.7 Å². The molecule has 2 rings (SSSR count). The third-order valence-corrected chi connectivity index (χ3v) is 3.52. The summed E-state index contributed by atoms with van der Waals surface area (Å²) in [5, 5.41) is 4.39. The smallest absolute Gasteiger partial charge is 0.275 e. The number of nitrogens with zero attached hydrogens (tertiary/aromatic N) is 3. The molecule has 1 aromatic carbocycles. The van der Waals surface area contributed by atoms with Crippen molar-refractivity contribution in [2.24, 2.45) is 0 Å². The molecule has 2 N–H and O–H groups in total. The van der Waals surface area contributed by atoms with Crippen LogP contribution in [0.5, 0.6) is 0 Å². The SMILES string of the molecule is C=CCN(CC=C)C(=O)c1cc(N)n(-c2ccc(C)cc2C)n1. The molecule has 5 heteroatoms. The minimum absolute atomic E-state index is 0.194. The van der Waals surface area contributed by atoms with E-state index in [1.807, 2.05) is 26.0 Å². The van der Waals surface area contributed by atoms with Gasteiger partial charge in [0, 0.05) is 19.2 Å². The highest BCUT2D eigenvalue weighted by atomic mass is 16.2. The number of benzene rings is 1. The molecule has 0 aliphatic carbocycles. The van der Waals surface area contributed by atoms with Gasteiger partial charge < -0.3 is 10.6 Å². The average molecular weight is 310 g/mol. The largest absolute Gasteiger partial charge is 0.384 e. The van der Waals surface area contributed by atoms with E-state index in [0.29, 0.717) is 24.6 Å². The molecule has 0 bridgehead atoms. The molecule has 5 nitrogen and oxygen atoms in total. The van der Waals surface area contributed by atoms with Crippen LogP contribution < -0.4 is 5.73 Å². The summed E-state index contributed by atoms with van der Waals surface area (Å²) in [6.45, 7) is 12.2. The molecule has 0 unspecified atom stereocenters. The second-order valence-corrected chi connectivity index (χ2v) is 5.44. The number of rotatable bonds is 6. The fourth-order valence-corrected chi connectivity index (χ4v) is 2.45. The molecule has 1 amide bonds. The highest BCUT2D eigenvalue weighted by Crippen LogP contribution is 2.20. The van der Waals surface area contributed by atoms with Gasteiger partial charge in [-0.05, 0) is 25.5 Å². The van der Waals surface area contributed by atoms with Crippen LogP contribution in [0.4, 0.5) is 5.82 Å². The van der Waals surface area contributed by atoms with Gasteiger partial charge in [-0.1, -0.05) is 29.8 Å². The number of anilines is 1. The van der Waals surface area contributed by atoms with Crippen LogP contribution in [-0.4, -0.2) is 33.7 Å². The molecule has 1 aromatic heterocycles. The Balaban J connectivity index is 2.38.